The molecule has 2 aromatic carbocycles. The second-order valence-electron chi connectivity index (χ2n) is 5.68. The molecular formula is C19H21NO2. The van der Waals surface area contributed by atoms with Gasteiger partial charge in [-0.1, -0.05) is 36.4 Å². The molecule has 0 bridgehead atoms. The second kappa shape index (κ2) is 6.65. The molecule has 1 aliphatic heterocycles. The van der Waals surface area contributed by atoms with Crippen molar-refractivity contribution in [3.8, 4) is 5.75 Å². The first-order valence-corrected chi connectivity index (χ1v) is 7.74. The fraction of sp³-hybridized carbons (Fsp3) is 0.316. The van der Waals surface area contributed by atoms with Crippen LogP contribution in [0, 0.1) is 0 Å². The van der Waals surface area contributed by atoms with Gasteiger partial charge in [-0.05, 0) is 41.7 Å². The number of benzene rings is 2. The van der Waals surface area contributed by atoms with Gasteiger partial charge in [0.1, 0.15) is 5.75 Å². The molecule has 1 heterocycles. The number of methoxy groups -OCH3 is 1. The van der Waals surface area contributed by atoms with Crippen LogP contribution in [0.3, 0.4) is 0 Å². The zero-order valence-electron chi connectivity index (χ0n) is 12.9. The van der Waals surface area contributed by atoms with Gasteiger partial charge in [-0.25, -0.2) is 0 Å². The predicted molar refractivity (Wildman–Crippen MR) is 87.1 cm³/mol. The fourth-order valence-electron chi connectivity index (χ4n) is 2.96. The lowest BCUT2D eigenvalue weighted by Gasteiger charge is -2.20. The van der Waals surface area contributed by atoms with E-state index in [1.54, 1.807) is 7.11 Å². The van der Waals surface area contributed by atoms with Crippen LogP contribution in [0.2, 0.25) is 0 Å². The van der Waals surface area contributed by atoms with Crippen LogP contribution in [-0.4, -0.2) is 31.0 Å². The van der Waals surface area contributed by atoms with Crippen molar-refractivity contribution in [2.24, 2.45) is 0 Å². The maximum Gasteiger partial charge on any atom is 0.227 e. The van der Waals surface area contributed by atoms with Crippen molar-refractivity contribution < 1.29 is 9.53 Å². The summed E-state index contributed by atoms with van der Waals surface area (Å²) in [7, 11) is 1.69. The Morgan fingerprint density at radius 2 is 1.77 bits per heavy atom. The topological polar surface area (TPSA) is 29.5 Å². The Bertz CT molecular complexity index is 652. The number of carbonyl (C=O) groups excluding carboxylic acids is 1. The molecule has 0 saturated carbocycles. The molecule has 3 nitrogen and oxygen atoms in total. The van der Waals surface area contributed by atoms with E-state index in [0.29, 0.717) is 6.42 Å². The molecule has 1 amide bonds. The summed E-state index contributed by atoms with van der Waals surface area (Å²) < 4.78 is 5.29. The highest BCUT2D eigenvalue weighted by molar-refractivity contribution is 5.78. The summed E-state index contributed by atoms with van der Waals surface area (Å²) in [6, 6.07) is 16.2. The average Bonchev–Trinajstić information content (AvgIpc) is 2.77. The van der Waals surface area contributed by atoms with Gasteiger partial charge in [-0.15, -0.1) is 0 Å². The van der Waals surface area contributed by atoms with Crippen molar-refractivity contribution >= 4 is 5.91 Å². The summed E-state index contributed by atoms with van der Waals surface area (Å²) in [5, 5.41) is 0. The molecule has 0 N–H and O–H groups in total. The van der Waals surface area contributed by atoms with E-state index in [-0.39, 0.29) is 5.91 Å². The van der Waals surface area contributed by atoms with Crippen molar-refractivity contribution in [2.75, 3.05) is 20.2 Å². The second-order valence-corrected chi connectivity index (χ2v) is 5.68. The van der Waals surface area contributed by atoms with Gasteiger partial charge in [-0.3, -0.25) is 4.79 Å². The third-order valence-corrected chi connectivity index (χ3v) is 4.27. The lowest BCUT2D eigenvalue weighted by Crippen LogP contribution is -2.34. The molecule has 3 heteroatoms. The number of fused-ring (bicyclic) bond motifs is 1. The highest BCUT2D eigenvalue weighted by Gasteiger charge is 2.18. The molecule has 1 aliphatic rings. The van der Waals surface area contributed by atoms with E-state index in [1.807, 2.05) is 41.3 Å². The van der Waals surface area contributed by atoms with E-state index in [2.05, 4.69) is 12.1 Å². The van der Waals surface area contributed by atoms with Crippen molar-refractivity contribution in [1.82, 2.24) is 4.90 Å². The maximum atomic E-state index is 12.5. The number of hydrogen-bond donors (Lipinski definition) is 0. The molecule has 0 radical (unpaired) electrons. The predicted octanol–water partition coefficient (Wildman–Crippen LogP) is 2.87. The number of amides is 1. The van der Waals surface area contributed by atoms with E-state index in [9.17, 15) is 4.79 Å². The van der Waals surface area contributed by atoms with Crippen LogP contribution >= 0.6 is 0 Å². The molecule has 0 aliphatic carbocycles. The Hall–Kier alpha value is -2.29. The zero-order chi connectivity index (χ0) is 15.4. The van der Waals surface area contributed by atoms with Gasteiger partial charge in [0, 0.05) is 13.1 Å². The highest BCUT2D eigenvalue weighted by atomic mass is 16.5. The van der Waals surface area contributed by atoms with E-state index in [4.69, 9.17) is 4.74 Å². The van der Waals surface area contributed by atoms with Gasteiger partial charge in [0.25, 0.3) is 0 Å². The van der Waals surface area contributed by atoms with Gasteiger partial charge >= 0.3 is 0 Å². The fourth-order valence-corrected chi connectivity index (χ4v) is 2.96. The molecule has 0 spiro atoms. The monoisotopic (exact) mass is 295 g/mol. The SMILES string of the molecule is COc1ccc2c(c1)CCN(C(=O)Cc1ccccc1)CC2. The molecule has 0 saturated heterocycles. The number of carbonyl (C=O) groups is 1. The standard InChI is InChI=1S/C19H21NO2/c1-22-18-8-7-16-9-11-20(12-10-17(16)14-18)19(21)13-15-5-3-2-4-6-15/h2-8,14H,9-13H2,1H3. The summed E-state index contributed by atoms with van der Waals surface area (Å²) in [5.74, 6) is 1.11. The van der Waals surface area contributed by atoms with E-state index in [0.717, 1.165) is 37.2 Å². The Kier molecular flexibility index (Phi) is 4.42. The van der Waals surface area contributed by atoms with Crippen molar-refractivity contribution in [3.05, 3.63) is 65.2 Å². The third-order valence-electron chi connectivity index (χ3n) is 4.27. The zero-order valence-corrected chi connectivity index (χ0v) is 12.9. The molecular weight excluding hydrogens is 274 g/mol. The molecule has 0 atom stereocenters. The van der Waals surface area contributed by atoms with Gasteiger partial charge in [0.05, 0.1) is 13.5 Å². The minimum atomic E-state index is 0.214. The lowest BCUT2D eigenvalue weighted by atomic mass is 10.0. The number of rotatable bonds is 3. The quantitative estimate of drug-likeness (QED) is 0.871. The van der Waals surface area contributed by atoms with Crippen LogP contribution in [0.1, 0.15) is 16.7 Å². The van der Waals surface area contributed by atoms with Crippen LogP contribution in [0.25, 0.3) is 0 Å². The molecule has 22 heavy (non-hydrogen) atoms. The summed E-state index contributed by atoms with van der Waals surface area (Å²) in [5.41, 5.74) is 3.71. The first-order valence-electron chi connectivity index (χ1n) is 7.74. The molecule has 114 valence electrons. The van der Waals surface area contributed by atoms with Crippen molar-refractivity contribution in [3.63, 3.8) is 0 Å². The van der Waals surface area contributed by atoms with E-state index >= 15 is 0 Å². The number of hydrogen-bond acceptors (Lipinski definition) is 2. The van der Waals surface area contributed by atoms with Gasteiger partial charge in [0.2, 0.25) is 5.91 Å². The van der Waals surface area contributed by atoms with Gasteiger partial charge in [-0.2, -0.15) is 0 Å². The van der Waals surface area contributed by atoms with Crippen LogP contribution in [0.15, 0.2) is 48.5 Å². The normalized spacial score (nSPS) is 14.1. The third kappa shape index (κ3) is 3.30. The van der Waals surface area contributed by atoms with Crippen molar-refractivity contribution in [2.45, 2.75) is 19.3 Å². The van der Waals surface area contributed by atoms with Crippen molar-refractivity contribution in [1.29, 1.82) is 0 Å². The molecule has 3 rings (SSSR count). The molecule has 0 unspecified atom stereocenters. The highest BCUT2D eigenvalue weighted by Crippen LogP contribution is 2.22. The number of ether oxygens (including phenoxy) is 1. The number of nitrogens with zero attached hydrogens (tertiary/aromatic N) is 1. The maximum absolute atomic E-state index is 12.5. The Morgan fingerprint density at radius 3 is 2.50 bits per heavy atom. The minimum absolute atomic E-state index is 0.214. The molecule has 0 aromatic heterocycles. The first-order chi connectivity index (χ1) is 10.8. The van der Waals surface area contributed by atoms with E-state index in [1.165, 1.54) is 11.1 Å². The summed E-state index contributed by atoms with van der Waals surface area (Å²) in [6.07, 6.45) is 2.30. The van der Waals surface area contributed by atoms with Crippen LogP contribution in [-0.2, 0) is 24.1 Å². The van der Waals surface area contributed by atoms with Crippen LogP contribution < -0.4 is 4.74 Å². The average molecular weight is 295 g/mol. The van der Waals surface area contributed by atoms with Crippen LogP contribution in [0.5, 0.6) is 5.75 Å². The summed E-state index contributed by atoms with van der Waals surface area (Å²) in [6.45, 7) is 1.58. The summed E-state index contributed by atoms with van der Waals surface area (Å²) >= 11 is 0. The smallest absolute Gasteiger partial charge is 0.227 e. The van der Waals surface area contributed by atoms with E-state index < -0.39 is 0 Å². The first kappa shape index (κ1) is 14.6. The van der Waals surface area contributed by atoms with Gasteiger partial charge < -0.3 is 9.64 Å². The van der Waals surface area contributed by atoms with Crippen LogP contribution in [0.4, 0.5) is 0 Å². The molecule has 0 fully saturated rings. The Morgan fingerprint density at radius 1 is 1.05 bits per heavy atom. The Labute approximate surface area is 131 Å². The Balaban J connectivity index is 1.67. The molecule has 2 aromatic rings. The largest absolute Gasteiger partial charge is 0.497 e. The minimum Gasteiger partial charge on any atom is -0.497 e. The van der Waals surface area contributed by atoms with Gasteiger partial charge in [0.15, 0.2) is 0 Å². The summed E-state index contributed by atoms with van der Waals surface area (Å²) in [4.78, 5) is 14.5. The lowest BCUT2D eigenvalue weighted by molar-refractivity contribution is -0.130.